The van der Waals surface area contributed by atoms with Crippen molar-refractivity contribution in [3.63, 3.8) is 0 Å². The molecule has 0 aliphatic carbocycles. The molecule has 0 amide bonds. The lowest BCUT2D eigenvalue weighted by molar-refractivity contribution is 0.381. The zero-order valence-corrected chi connectivity index (χ0v) is 6.09. The Labute approximate surface area is 60.4 Å². The SMILES string of the molecule is CC1=C2C=NCCN2CN1. The highest BCUT2D eigenvalue weighted by Gasteiger charge is 2.18. The van der Waals surface area contributed by atoms with Gasteiger partial charge in [-0.2, -0.15) is 0 Å². The highest BCUT2D eigenvalue weighted by Crippen LogP contribution is 2.14. The topological polar surface area (TPSA) is 27.6 Å². The summed E-state index contributed by atoms with van der Waals surface area (Å²) in [5.41, 5.74) is 2.52. The summed E-state index contributed by atoms with van der Waals surface area (Å²) in [5.74, 6) is 0. The summed E-state index contributed by atoms with van der Waals surface area (Å²) >= 11 is 0. The van der Waals surface area contributed by atoms with E-state index in [1.807, 2.05) is 6.21 Å². The Morgan fingerprint density at radius 3 is 3.40 bits per heavy atom. The van der Waals surface area contributed by atoms with Crippen LogP contribution in [0, 0.1) is 0 Å². The molecule has 0 saturated carbocycles. The molecule has 0 atom stereocenters. The normalized spacial score (nSPS) is 23.1. The van der Waals surface area contributed by atoms with Gasteiger partial charge in [0.05, 0.1) is 18.9 Å². The molecule has 3 nitrogen and oxygen atoms in total. The van der Waals surface area contributed by atoms with Crippen molar-refractivity contribution < 1.29 is 0 Å². The van der Waals surface area contributed by atoms with Gasteiger partial charge in [0.25, 0.3) is 0 Å². The predicted molar refractivity (Wildman–Crippen MR) is 40.8 cm³/mol. The number of nitrogens with zero attached hydrogens (tertiary/aromatic N) is 2. The first-order chi connectivity index (χ1) is 4.88. The highest BCUT2D eigenvalue weighted by atomic mass is 15.3. The highest BCUT2D eigenvalue weighted by molar-refractivity contribution is 5.80. The molecule has 2 aliphatic rings. The Bertz CT molecular complexity index is 205. The van der Waals surface area contributed by atoms with Gasteiger partial charge in [0.1, 0.15) is 0 Å². The van der Waals surface area contributed by atoms with Crippen LogP contribution in [0.4, 0.5) is 0 Å². The summed E-state index contributed by atoms with van der Waals surface area (Å²) in [5, 5.41) is 3.28. The average molecular weight is 137 g/mol. The quantitative estimate of drug-likeness (QED) is 0.515. The van der Waals surface area contributed by atoms with Crippen LogP contribution in [0.3, 0.4) is 0 Å². The molecule has 0 fully saturated rings. The van der Waals surface area contributed by atoms with Crippen LogP contribution in [0.15, 0.2) is 16.4 Å². The van der Waals surface area contributed by atoms with Gasteiger partial charge in [0.15, 0.2) is 0 Å². The van der Waals surface area contributed by atoms with E-state index in [1.54, 1.807) is 0 Å². The third-order valence-corrected chi connectivity index (χ3v) is 1.97. The maximum Gasteiger partial charge on any atom is 0.0876 e. The first-order valence-electron chi connectivity index (χ1n) is 3.57. The van der Waals surface area contributed by atoms with Crippen LogP contribution in [0.2, 0.25) is 0 Å². The summed E-state index contributed by atoms with van der Waals surface area (Å²) in [4.78, 5) is 6.51. The molecule has 1 N–H and O–H groups in total. The molecule has 0 saturated heterocycles. The third-order valence-electron chi connectivity index (χ3n) is 1.97. The molecule has 0 aromatic heterocycles. The van der Waals surface area contributed by atoms with Gasteiger partial charge in [-0.3, -0.25) is 4.99 Å². The van der Waals surface area contributed by atoms with Crippen molar-refractivity contribution in [3.8, 4) is 0 Å². The largest absolute Gasteiger partial charge is 0.370 e. The lowest BCUT2D eigenvalue weighted by atomic mass is 10.3. The van der Waals surface area contributed by atoms with Gasteiger partial charge < -0.3 is 10.2 Å². The van der Waals surface area contributed by atoms with Crippen LogP contribution in [0.5, 0.6) is 0 Å². The minimum Gasteiger partial charge on any atom is -0.370 e. The van der Waals surface area contributed by atoms with Crippen LogP contribution in [0.1, 0.15) is 6.92 Å². The van der Waals surface area contributed by atoms with E-state index in [4.69, 9.17) is 0 Å². The molecule has 0 aromatic rings. The van der Waals surface area contributed by atoms with Crippen molar-refractivity contribution in [1.82, 2.24) is 10.2 Å². The molecule has 3 heteroatoms. The van der Waals surface area contributed by atoms with E-state index in [9.17, 15) is 0 Å². The number of fused-ring (bicyclic) bond motifs is 1. The van der Waals surface area contributed by atoms with Crippen LogP contribution >= 0.6 is 0 Å². The Balaban J connectivity index is 2.32. The van der Waals surface area contributed by atoms with Crippen LogP contribution in [-0.4, -0.2) is 30.9 Å². The molecule has 0 bridgehead atoms. The van der Waals surface area contributed by atoms with Gasteiger partial charge in [-0.15, -0.1) is 0 Å². The minimum atomic E-state index is 0.943. The number of aliphatic imine (C=N–C) groups is 1. The lowest BCUT2D eigenvalue weighted by Crippen LogP contribution is -2.29. The molecular formula is C7H11N3. The Morgan fingerprint density at radius 2 is 2.60 bits per heavy atom. The Morgan fingerprint density at radius 1 is 1.70 bits per heavy atom. The number of allylic oxidation sites excluding steroid dienone is 2. The van der Waals surface area contributed by atoms with Crippen LogP contribution in [0.25, 0.3) is 0 Å². The van der Waals surface area contributed by atoms with Gasteiger partial charge in [-0.05, 0) is 6.92 Å². The maximum atomic E-state index is 4.21. The van der Waals surface area contributed by atoms with Gasteiger partial charge in [-0.1, -0.05) is 0 Å². The van der Waals surface area contributed by atoms with E-state index in [2.05, 4.69) is 22.1 Å². The van der Waals surface area contributed by atoms with E-state index in [0.29, 0.717) is 0 Å². The van der Waals surface area contributed by atoms with Crippen LogP contribution < -0.4 is 5.32 Å². The number of hydrogen-bond acceptors (Lipinski definition) is 3. The van der Waals surface area contributed by atoms with Crippen molar-refractivity contribution in [2.24, 2.45) is 4.99 Å². The molecule has 2 rings (SSSR count). The molecule has 0 spiro atoms. The Kier molecular flexibility index (Phi) is 1.16. The standard InChI is InChI=1S/C7H11N3/c1-6-7-4-8-2-3-10(7)5-9-6/h4,9H,2-3,5H2,1H3. The number of nitrogens with one attached hydrogen (secondary N) is 1. The van der Waals surface area contributed by atoms with E-state index >= 15 is 0 Å². The van der Waals surface area contributed by atoms with Crippen molar-refractivity contribution in [2.75, 3.05) is 19.8 Å². The molecule has 10 heavy (non-hydrogen) atoms. The summed E-state index contributed by atoms with van der Waals surface area (Å²) in [6, 6.07) is 0. The van der Waals surface area contributed by atoms with Gasteiger partial charge in [-0.25, -0.2) is 0 Å². The fourth-order valence-corrected chi connectivity index (χ4v) is 1.33. The minimum absolute atomic E-state index is 0.943. The van der Waals surface area contributed by atoms with Gasteiger partial charge >= 0.3 is 0 Å². The zero-order valence-electron chi connectivity index (χ0n) is 6.09. The smallest absolute Gasteiger partial charge is 0.0876 e. The van der Waals surface area contributed by atoms with Crippen molar-refractivity contribution in [1.29, 1.82) is 0 Å². The van der Waals surface area contributed by atoms with Gasteiger partial charge in [0, 0.05) is 18.5 Å². The van der Waals surface area contributed by atoms with E-state index in [0.717, 1.165) is 19.8 Å². The number of rotatable bonds is 0. The van der Waals surface area contributed by atoms with Crippen molar-refractivity contribution in [2.45, 2.75) is 6.92 Å². The summed E-state index contributed by atoms with van der Waals surface area (Å²) in [6.45, 7) is 5.06. The average Bonchev–Trinajstić information content (AvgIpc) is 2.34. The molecule has 0 unspecified atom stereocenters. The fraction of sp³-hybridized carbons (Fsp3) is 0.571. The molecular weight excluding hydrogens is 126 g/mol. The zero-order chi connectivity index (χ0) is 6.97. The van der Waals surface area contributed by atoms with Crippen molar-refractivity contribution >= 4 is 6.21 Å². The third kappa shape index (κ3) is 0.701. The second-order valence-corrected chi connectivity index (χ2v) is 2.64. The fourth-order valence-electron chi connectivity index (χ4n) is 1.33. The first-order valence-corrected chi connectivity index (χ1v) is 3.57. The van der Waals surface area contributed by atoms with E-state index in [1.165, 1.54) is 11.4 Å². The van der Waals surface area contributed by atoms with Crippen LogP contribution in [-0.2, 0) is 0 Å². The molecule has 2 aliphatic heterocycles. The second kappa shape index (κ2) is 2.01. The maximum absolute atomic E-state index is 4.21. The second-order valence-electron chi connectivity index (χ2n) is 2.64. The molecule has 54 valence electrons. The first kappa shape index (κ1) is 5.77. The molecule has 2 heterocycles. The van der Waals surface area contributed by atoms with E-state index in [-0.39, 0.29) is 0 Å². The molecule has 0 radical (unpaired) electrons. The van der Waals surface area contributed by atoms with Crippen molar-refractivity contribution in [3.05, 3.63) is 11.4 Å². The molecule has 0 aromatic carbocycles. The number of hydrogen-bond donors (Lipinski definition) is 1. The summed E-state index contributed by atoms with van der Waals surface area (Å²) < 4.78 is 0. The summed E-state index contributed by atoms with van der Waals surface area (Å²) in [6.07, 6.45) is 1.96. The summed E-state index contributed by atoms with van der Waals surface area (Å²) in [7, 11) is 0. The van der Waals surface area contributed by atoms with Gasteiger partial charge in [0.2, 0.25) is 0 Å². The Hall–Kier alpha value is -0.990. The monoisotopic (exact) mass is 137 g/mol. The van der Waals surface area contributed by atoms with E-state index < -0.39 is 0 Å². The predicted octanol–water partition coefficient (Wildman–Crippen LogP) is 0.165. The lowest BCUT2D eigenvalue weighted by Gasteiger charge is -2.20.